The van der Waals surface area contributed by atoms with Crippen molar-refractivity contribution >= 4 is 16.9 Å². The molecule has 24 heavy (non-hydrogen) atoms. The number of H-pyrrole nitrogens is 1. The Balaban J connectivity index is 1.59. The van der Waals surface area contributed by atoms with Gasteiger partial charge in [-0.2, -0.15) is 15.4 Å². The number of likely N-dealkylation sites (N-methyl/N-ethyl adjacent to an activating group) is 1. The zero-order valence-corrected chi connectivity index (χ0v) is 14.0. The van der Waals surface area contributed by atoms with Crippen molar-refractivity contribution in [2.24, 2.45) is 0 Å². The van der Waals surface area contributed by atoms with Crippen LogP contribution in [0, 0.1) is 13.8 Å². The average Bonchev–Trinajstić information content (AvgIpc) is 3.00. The summed E-state index contributed by atoms with van der Waals surface area (Å²) in [6.45, 7) is 5.02. The van der Waals surface area contributed by atoms with Gasteiger partial charge in [0.2, 0.25) is 0 Å². The minimum atomic E-state index is -0.0658. The summed E-state index contributed by atoms with van der Waals surface area (Å²) in [6.07, 6.45) is 0. The van der Waals surface area contributed by atoms with Gasteiger partial charge in [0.25, 0.3) is 5.91 Å². The molecule has 3 aromatic rings. The van der Waals surface area contributed by atoms with Crippen LogP contribution in [0.25, 0.3) is 11.0 Å². The summed E-state index contributed by atoms with van der Waals surface area (Å²) in [5.74, 6) is 0.765. The Kier molecular flexibility index (Phi) is 4.46. The van der Waals surface area contributed by atoms with Gasteiger partial charge in [0.1, 0.15) is 23.4 Å². The van der Waals surface area contributed by atoms with Gasteiger partial charge in [-0.3, -0.25) is 4.79 Å². The molecule has 0 fully saturated rings. The fraction of sp³-hybridized carbons (Fsp3) is 0.278. The first-order chi connectivity index (χ1) is 11.5. The van der Waals surface area contributed by atoms with Gasteiger partial charge in [-0.25, -0.2) is 0 Å². The monoisotopic (exact) mass is 324 g/mol. The summed E-state index contributed by atoms with van der Waals surface area (Å²) in [6, 6.07) is 11.4. The van der Waals surface area contributed by atoms with Crippen molar-refractivity contribution in [2.75, 3.05) is 20.2 Å². The maximum atomic E-state index is 12.5. The molecule has 0 aliphatic heterocycles. The number of ether oxygens (including phenoxy) is 1. The lowest BCUT2D eigenvalue weighted by atomic mass is 10.1. The smallest absolute Gasteiger partial charge is 0.253 e. The molecule has 3 rings (SSSR count). The lowest BCUT2D eigenvalue weighted by Crippen LogP contribution is -2.30. The molecule has 1 heterocycles. The first kappa shape index (κ1) is 16.0. The highest BCUT2D eigenvalue weighted by atomic mass is 16.5. The molecule has 0 atom stereocenters. The molecule has 6 nitrogen and oxygen atoms in total. The van der Waals surface area contributed by atoms with Crippen LogP contribution in [0.4, 0.5) is 0 Å². The van der Waals surface area contributed by atoms with E-state index in [9.17, 15) is 4.79 Å². The molecule has 0 saturated heterocycles. The van der Waals surface area contributed by atoms with Crippen LogP contribution in [-0.2, 0) is 0 Å². The van der Waals surface area contributed by atoms with Crippen molar-refractivity contribution in [2.45, 2.75) is 13.8 Å². The number of nitrogens with one attached hydrogen (secondary N) is 1. The fourth-order valence-corrected chi connectivity index (χ4v) is 2.61. The van der Waals surface area contributed by atoms with Crippen LogP contribution in [0.3, 0.4) is 0 Å². The van der Waals surface area contributed by atoms with E-state index in [-0.39, 0.29) is 5.91 Å². The molecular formula is C18H20N4O2. The number of amides is 1. The van der Waals surface area contributed by atoms with Crippen molar-refractivity contribution in [1.29, 1.82) is 0 Å². The minimum absolute atomic E-state index is 0.0658. The number of hydrogen-bond acceptors (Lipinski definition) is 4. The number of aryl methyl sites for hydroxylation is 2. The predicted octanol–water partition coefficient (Wildman–Crippen LogP) is 2.73. The van der Waals surface area contributed by atoms with Crippen LogP contribution in [0.2, 0.25) is 0 Å². The third-order valence-electron chi connectivity index (χ3n) is 3.80. The first-order valence-electron chi connectivity index (χ1n) is 7.80. The van der Waals surface area contributed by atoms with E-state index in [0.29, 0.717) is 24.2 Å². The summed E-state index contributed by atoms with van der Waals surface area (Å²) < 4.78 is 5.76. The van der Waals surface area contributed by atoms with Crippen molar-refractivity contribution in [3.63, 3.8) is 0 Å². The predicted molar refractivity (Wildman–Crippen MR) is 92.3 cm³/mol. The van der Waals surface area contributed by atoms with Crippen LogP contribution in [-0.4, -0.2) is 46.4 Å². The molecule has 1 amide bonds. The van der Waals surface area contributed by atoms with Crippen LogP contribution in [0.5, 0.6) is 5.75 Å². The minimum Gasteiger partial charge on any atom is -0.492 e. The van der Waals surface area contributed by atoms with E-state index in [2.05, 4.69) is 21.5 Å². The number of carbonyl (C=O) groups is 1. The van der Waals surface area contributed by atoms with Crippen molar-refractivity contribution in [1.82, 2.24) is 20.3 Å². The van der Waals surface area contributed by atoms with Gasteiger partial charge in [-0.15, -0.1) is 0 Å². The van der Waals surface area contributed by atoms with Gasteiger partial charge in [0.15, 0.2) is 0 Å². The van der Waals surface area contributed by atoms with Crippen molar-refractivity contribution < 1.29 is 9.53 Å². The standard InChI is InChI=1S/C18H20N4O2/c1-12-8-13(2)10-15(9-12)24-7-6-22(3)18(23)14-4-5-16-17(11-14)20-21-19-16/h4-5,8-11H,6-7H2,1-3H3,(H,19,20,21). The summed E-state index contributed by atoms with van der Waals surface area (Å²) in [7, 11) is 1.76. The zero-order valence-electron chi connectivity index (χ0n) is 14.0. The Morgan fingerprint density at radius 3 is 2.54 bits per heavy atom. The number of nitrogens with zero attached hydrogens (tertiary/aromatic N) is 3. The van der Waals surface area contributed by atoms with Crippen LogP contribution in [0.1, 0.15) is 21.5 Å². The van der Waals surface area contributed by atoms with Crippen LogP contribution in [0.15, 0.2) is 36.4 Å². The molecule has 2 aromatic carbocycles. The normalized spacial score (nSPS) is 10.8. The Morgan fingerprint density at radius 1 is 1.08 bits per heavy atom. The first-order valence-corrected chi connectivity index (χ1v) is 7.80. The highest BCUT2D eigenvalue weighted by Gasteiger charge is 2.13. The van der Waals surface area contributed by atoms with Gasteiger partial charge < -0.3 is 9.64 Å². The Bertz CT molecular complexity index is 852. The van der Waals surface area contributed by atoms with E-state index in [1.54, 1.807) is 30.1 Å². The van der Waals surface area contributed by atoms with Gasteiger partial charge in [0, 0.05) is 12.6 Å². The highest BCUT2D eigenvalue weighted by Crippen LogP contribution is 2.16. The highest BCUT2D eigenvalue weighted by molar-refractivity contribution is 5.97. The maximum absolute atomic E-state index is 12.5. The lowest BCUT2D eigenvalue weighted by molar-refractivity contribution is 0.0774. The van der Waals surface area contributed by atoms with E-state index < -0.39 is 0 Å². The largest absolute Gasteiger partial charge is 0.492 e. The van der Waals surface area contributed by atoms with E-state index in [4.69, 9.17) is 4.74 Å². The van der Waals surface area contributed by atoms with Crippen molar-refractivity contribution in [3.05, 3.63) is 53.1 Å². The second-order valence-electron chi connectivity index (χ2n) is 5.93. The Labute approximate surface area is 140 Å². The Morgan fingerprint density at radius 2 is 1.79 bits per heavy atom. The molecule has 6 heteroatoms. The van der Waals surface area contributed by atoms with E-state index >= 15 is 0 Å². The van der Waals surface area contributed by atoms with Crippen molar-refractivity contribution in [3.8, 4) is 5.75 Å². The SMILES string of the molecule is Cc1cc(C)cc(OCCN(C)C(=O)c2ccc3n[nH]nc3c2)c1. The third-order valence-corrected chi connectivity index (χ3v) is 3.80. The summed E-state index contributed by atoms with van der Waals surface area (Å²) in [5, 5.41) is 10.5. The van der Waals surface area contributed by atoms with Gasteiger partial charge in [0.05, 0.1) is 6.54 Å². The molecule has 0 unspecified atom stereocenters. The van der Waals surface area contributed by atoms with E-state index in [1.165, 1.54) is 0 Å². The molecule has 1 N–H and O–H groups in total. The number of aromatic amines is 1. The number of carbonyl (C=O) groups excluding carboxylic acids is 1. The third kappa shape index (κ3) is 3.53. The molecule has 0 radical (unpaired) electrons. The number of rotatable bonds is 5. The summed E-state index contributed by atoms with van der Waals surface area (Å²) in [5.41, 5.74) is 4.34. The van der Waals surface area contributed by atoms with Crippen LogP contribution >= 0.6 is 0 Å². The number of fused-ring (bicyclic) bond motifs is 1. The van der Waals surface area contributed by atoms with E-state index in [1.807, 2.05) is 26.0 Å². The maximum Gasteiger partial charge on any atom is 0.253 e. The second-order valence-corrected chi connectivity index (χ2v) is 5.93. The van der Waals surface area contributed by atoms with Gasteiger partial charge in [-0.1, -0.05) is 6.07 Å². The van der Waals surface area contributed by atoms with Gasteiger partial charge in [-0.05, 0) is 55.3 Å². The molecule has 1 aromatic heterocycles. The quantitative estimate of drug-likeness (QED) is 0.783. The summed E-state index contributed by atoms with van der Waals surface area (Å²) >= 11 is 0. The number of benzene rings is 2. The molecular weight excluding hydrogens is 304 g/mol. The average molecular weight is 324 g/mol. The molecule has 0 spiro atoms. The van der Waals surface area contributed by atoms with Gasteiger partial charge >= 0.3 is 0 Å². The number of hydrogen-bond donors (Lipinski definition) is 1. The molecule has 0 aliphatic rings. The Hall–Kier alpha value is -2.89. The van der Waals surface area contributed by atoms with E-state index in [0.717, 1.165) is 22.4 Å². The topological polar surface area (TPSA) is 71.1 Å². The summed E-state index contributed by atoms with van der Waals surface area (Å²) in [4.78, 5) is 14.1. The number of aromatic nitrogens is 3. The van der Waals surface area contributed by atoms with Crippen LogP contribution < -0.4 is 4.74 Å². The fourth-order valence-electron chi connectivity index (χ4n) is 2.61. The molecule has 0 saturated carbocycles. The second kappa shape index (κ2) is 6.70. The lowest BCUT2D eigenvalue weighted by Gasteiger charge is -2.18. The molecule has 124 valence electrons. The zero-order chi connectivity index (χ0) is 17.1. The molecule has 0 bridgehead atoms. The molecule has 0 aliphatic carbocycles.